The van der Waals surface area contributed by atoms with Crippen molar-refractivity contribution in [3.63, 3.8) is 0 Å². The number of H-pyrrole nitrogens is 1. The number of ether oxygens (including phenoxy) is 2. The summed E-state index contributed by atoms with van der Waals surface area (Å²) in [5.41, 5.74) is 28.9. The molecule has 0 saturated carbocycles. The lowest BCUT2D eigenvalue weighted by Crippen LogP contribution is -2.33. The van der Waals surface area contributed by atoms with Crippen molar-refractivity contribution < 1.29 is 60.4 Å². The van der Waals surface area contributed by atoms with Crippen LogP contribution < -0.4 is 11.5 Å². The Labute approximate surface area is 794 Å². The summed E-state index contributed by atoms with van der Waals surface area (Å²) in [7, 11) is 1.57. The van der Waals surface area contributed by atoms with Gasteiger partial charge < -0.3 is 35.6 Å². The molecule has 5 aromatic heterocycles. The van der Waals surface area contributed by atoms with Crippen LogP contribution in [0.1, 0.15) is 134 Å². The van der Waals surface area contributed by atoms with Crippen LogP contribution in [0.4, 0.5) is 27.6 Å². The Morgan fingerprint density at radius 3 is 1.13 bits per heavy atom. The number of fused-ring (bicyclic) bond motifs is 5. The standard InChI is InChI=1S/C25H23FN2O2.C24H20F2N2O.C24H24FN3.C14H9FN2O.C8H8N2O.C8H11NO.C8H18O2Si/c1-25(2,24(29)30-3)23(17-7-5-4-6-8-17)18-9-14-22-19(15-18)16-27-28(22)21-12-10-20(26)11-13-21;1-24(2,23(26)29)22(16-6-4-3-5-7-16)17-8-13-21-18(14-17)15-27-28(21)20-11-9-19(25)10-12-20;1-24(2,16-26)23(17-6-4-3-5-7-17)18-8-13-22-19(14-18)15-27-28(22)21-11-9-20(25)10-12-21;15-12-2-4-13(5-3-12)17-14-6-1-10(9-18)7-11(14)8-16-17;11-5-6-1-2-8-7(3-6)4-9-10-8;1-6-4-7(5-10)2-3-8(6)9;1-7(2)8(9-3)10-11(4,5)6/h4-16,23H,1-3H3;3-15,22H,1-2H3;3-15,23H,16,26H2,1-2H3;1-9H;1-4,11H,5H2,(H,9,10);2-4,10H,5,9H2,1H3;1-6H3. The van der Waals surface area contributed by atoms with Crippen molar-refractivity contribution in [3.8, 4) is 22.7 Å². The smallest absolute Gasteiger partial charge is 0.312 e. The maximum absolute atomic E-state index is 14.0. The summed E-state index contributed by atoms with van der Waals surface area (Å²) in [6.45, 7) is 24.5. The molecule has 5 heterocycles. The van der Waals surface area contributed by atoms with Crippen LogP contribution in [0.2, 0.25) is 19.6 Å². The molecule has 0 radical (unpaired) electrons. The van der Waals surface area contributed by atoms with Crippen molar-refractivity contribution in [2.75, 3.05) is 26.5 Å². The van der Waals surface area contributed by atoms with Gasteiger partial charge in [0.2, 0.25) is 8.32 Å². The number of aromatic nitrogens is 10. The average Bonchev–Trinajstić information content (AvgIpc) is 1.73. The van der Waals surface area contributed by atoms with Gasteiger partial charge in [0.15, 0.2) is 0 Å². The topological polar surface area (TPSA) is 271 Å². The SMILES string of the molecule is CC(C)(C(=O)F)C(c1ccccc1)c1ccc2c(cnn2-c2ccc(F)cc2)c1.CC(C)(CN)C(c1ccccc1)c1ccc2c(cnn2-c2ccc(F)cc2)c1.COC(=O)C(C)(C)C(c1ccccc1)c1ccc2c(cnn2-c2ccc(F)cc2)c1.COC(O[Si](C)(C)C)=C(C)C.Cc1cc(CO)ccc1N.O=Cc1ccc2c(cnn2-c2ccc(F)cc2)c1.OCc1ccc2[nH]ncc2c1. The number of nitrogens with one attached hydrogen (secondary N) is 1. The predicted molar refractivity (Wildman–Crippen MR) is 536 cm³/mol. The van der Waals surface area contributed by atoms with Crippen molar-refractivity contribution in [2.24, 2.45) is 22.0 Å². The Kier molecular flexibility index (Phi) is 33.4. The fourth-order valence-corrected chi connectivity index (χ4v) is 17.1. The van der Waals surface area contributed by atoms with Gasteiger partial charge in [-0.1, -0.05) is 141 Å². The number of rotatable bonds is 22. The molecule has 18 rings (SSSR count). The molecule has 3 unspecified atom stereocenters. The van der Waals surface area contributed by atoms with E-state index >= 15 is 0 Å². The third kappa shape index (κ3) is 25.1. The zero-order valence-corrected chi connectivity index (χ0v) is 80.0. The minimum Gasteiger partial charge on any atom is -0.520 e. The first-order chi connectivity index (χ1) is 65.6. The van der Waals surface area contributed by atoms with E-state index in [-0.39, 0.29) is 59.7 Å². The number of esters is 1. The second-order valence-corrected chi connectivity index (χ2v) is 40.4. The lowest BCUT2D eigenvalue weighted by Gasteiger charge is -2.34. The van der Waals surface area contributed by atoms with Crippen LogP contribution in [0.25, 0.3) is 77.3 Å². The maximum Gasteiger partial charge on any atom is 0.312 e. The van der Waals surface area contributed by atoms with E-state index in [4.69, 9.17) is 35.6 Å². The summed E-state index contributed by atoms with van der Waals surface area (Å²) in [6.07, 6.45) is 9.60. The number of allylic oxidation sites excluding steroid dienone is 1. The number of aliphatic hydroxyl groups excluding tert-OH is 2. The molecule has 137 heavy (non-hydrogen) atoms. The van der Waals surface area contributed by atoms with Crippen molar-refractivity contribution in [1.82, 2.24) is 49.3 Å². The minimum absolute atomic E-state index is 0.0844. The fourth-order valence-electron chi connectivity index (χ4n) is 16.2. The number of carbonyl (C=O) groups is 3. The number of aromatic amines is 1. The molecule has 7 N–H and O–H groups in total. The van der Waals surface area contributed by atoms with Gasteiger partial charge in [-0.05, 0) is 300 Å². The largest absolute Gasteiger partial charge is 0.520 e. The summed E-state index contributed by atoms with van der Waals surface area (Å²) in [6, 6.07) is 88.2. The number of hydrogen-bond donors (Lipinski definition) is 5. The van der Waals surface area contributed by atoms with Gasteiger partial charge in [-0.3, -0.25) is 19.5 Å². The molecule has 0 aliphatic rings. The molecular weight excluding hydrogens is 1750 g/mol. The molecule has 0 aliphatic heterocycles. The molecule has 0 saturated heterocycles. The lowest BCUT2D eigenvalue weighted by molar-refractivity contribution is -0.151. The summed E-state index contributed by atoms with van der Waals surface area (Å²) < 4.78 is 89.5. The van der Waals surface area contributed by atoms with Crippen molar-refractivity contribution >= 4 is 86.8 Å². The second-order valence-electron chi connectivity index (χ2n) is 36.0. The van der Waals surface area contributed by atoms with Gasteiger partial charge in [-0.15, -0.1) is 0 Å². The third-order valence-electron chi connectivity index (χ3n) is 23.4. The highest BCUT2D eigenvalue weighted by atomic mass is 28.4. The first kappa shape index (κ1) is 101. The number of benzene rings is 13. The Bertz CT molecular complexity index is 7120. The predicted octanol–water partition coefficient (Wildman–Crippen LogP) is 24.4. The number of halogens is 5. The number of carbonyl (C=O) groups excluding carboxylic acids is 3. The van der Waals surface area contributed by atoms with Crippen LogP contribution in [0.5, 0.6) is 0 Å². The van der Waals surface area contributed by atoms with E-state index in [9.17, 15) is 36.3 Å². The zero-order chi connectivity index (χ0) is 98.5. The van der Waals surface area contributed by atoms with Crippen molar-refractivity contribution in [2.45, 2.75) is 113 Å². The van der Waals surface area contributed by atoms with Crippen LogP contribution in [0.3, 0.4) is 0 Å². The van der Waals surface area contributed by atoms with E-state index < -0.39 is 31.1 Å². The van der Waals surface area contributed by atoms with E-state index in [0.29, 0.717) is 18.1 Å². The van der Waals surface area contributed by atoms with Crippen LogP contribution in [-0.4, -0.2) is 107 Å². The molecule has 0 amide bonds. The van der Waals surface area contributed by atoms with Crippen LogP contribution in [0.15, 0.2) is 340 Å². The Morgan fingerprint density at radius 1 is 0.438 bits per heavy atom. The molecule has 3 atom stereocenters. The normalized spacial score (nSPS) is 12.0. The molecule has 0 aliphatic carbocycles. The molecule has 18 aromatic rings. The molecular formula is C111H113F5N12O8Si. The average molecular weight is 1870 g/mol. The van der Waals surface area contributed by atoms with Crippen molar-refractivity contribution in [1.29, 1.82) is 0 Å². The van der Waals surface area contributed by atoms with Crippen LogP contribution >= 0.6 is 0 Å². The quantitative estimate of drug-likeness (QED) is 0.00803. The number of aldehydes is 1. The monoisotopic (exact) mass is 1860 g/mol. The van der Waals surface area contributed by atoms with Crippen LogP contribution in [0, 0.1) is 46.4 Å². The third-order valence-corrected chi connectivity index (χ3v) is 24.2. The number of aliphatic hydroxyl groups is 2. The van der Waals surface area contributed by atoms with E-state index in [1.807, 2.05) is 179 Å². The highest BCUT2D eigenvalue weighted by Gasteiger charge is 2.42. The molecule has 20 nitrogen and oxygen atoms in total. The number of nitrogens with zero attached hydrogens (tertiary/aromatic N) is 9. The van der Waals surface area contributed by atoms with Gasteiger partial charge in [0.25, 0.3) is 5.95 Å². The number of nitrogen functional groups attached to an aromatic ring is 1. The first-order valence-electron chi connectivity index (χ1n) is 44.5. The fraction of sp³-hybridized carbons (Fsp3) is 0.207. The number of hydrogen-bond acceptors (Lipinski definition) is 15. The molecule has 0 spiro atoms. The van der Waals surface area contributed by atoms with E-state index in [1.54, 1.807) is 127 Å². The Morgan fingerprint density at radius 2 is 0.796 bits per heavy atom. The second kappa shape index (κ2) is 45.3. The van der Waals surface area contributed by atoms with E-state index in [0.717, 1.165) is 134 Å². The van der Waals surface area contributed by atoms with Gasteiger partial charge in [-0.25, -0.2) is 36.3 Å². The van der Waals surface area contributed by atoms with Gasteiger partial charge >= 0.3 is 12.0 Å². The van der Waals surface area contributed by atoms with Gasteiger partial charge in [0, 0.05) is 61.5 Å². The zero-order valence-electron chi connectivity index (χ0n) is 79.0. The summed E-state index contributed by atoms with van der Waals surface area (Å²) in [5, 5.41) is 46.7. The summed E-state index contributed by atoms with van der Waals surface area (Å²) in [5.74, 6) is -1.16. The molecule has 0 fully saturated rings. The summed E-state index contributed by atoms with van der Waals surface area (Å²) >= 11 is 0. The Balaban J connectivity index is 0.000000149. The number of nitrogens with two attached hydrogens (primary N) is 2. The number of anilines is 1. The minimum atomic E-state index is -1.49. The maximum atomic E-state index is 14.0. The molecule has 0 bridgehead atoms. The molecule has 26 heteroatoms. The van der Waals surface area contributed by atoms with E-state index in [2.05, 4.69) is 113 Å². The van der Waals surface area contributed by atoms with Gasteiger partial charge in [0.1, 0.15) is 29.6 Å². The van der Waals surface area contributed by atoms with Gasteiger partial charge in [0.05, 0.1) is 120 Å². The summed E-state index contributed by atoms with van der Waals surface area (Å²) in [4.78, 5) is 35.1. The van der Waals surface area contributed by atoms with Gasteiger partial charge in [-0.2, -0.15) is 29.9 Å². The molecule has 13 aromatic carbocycles. The highest BCUT2D eigenvalue weighted by Crippen LogP contribution is 2.46. The van der Waals surface area contributed by atoms with E-state index in [1.165, 1.54) is 66.8 Å². The van der Waals surface area contributed by atoms with Crippen molar-refractivity contribution in [3.05, 3.63) is 419 Å². The Hall–Kier alpha value is -15.1. The first-order valence-corrected chi connectivity index (χ1v) is 47.9. The highest BCUT2D eigenvalue weighted by molar-refractivity contribution is 6.70. The lowest BCUT2D eigenvalue weighted by atomic mass is 9.71. The molecule has 704 valence electrons. The van der Waals surface area contributed by atoms with Crippen LogP contribution in [-0.2, 0) is 36.7 Å². The number of methoxy groups -OCH3 is 2. The number of aryl methyl sites for hydroxylation is 1.